The van der Waals surface area contributed by atoms with Crippen molar-refractivity contribution in [1.82, 2.24) is 9.97 Å². The predicted octanol–water partition coefficient (Wildman–Crippen LogP) is 2.53. The van der Waals surface area contributed by atoms with Gasteiger partial charge >= 0.3 is 0 Å². The van der Waals surface area contributed by atoms with Gasteiger partial charge in [0, 0.05) is 11.0 Å². The van der Waals surface area contributed by atoms with E-state index < -0.39 is 0 Å². The van der Waals surface area contributed by atoms with E-state index in [2.05, 4.69) is 34.2 Å². The van der Waals surface area contributed by atoms with Gasteiger partial charge < -0.3 is 10.8 Å². The number of fused-ring (bicyclic) bond motifs is 3. The van der Waals surface area contributed by atoms with Crippen molar-refractivity contribution < 1.29 is 5.11 Å². The number of benzene rings is 1. The Balaban J connectivity index is 1.89. The summed E-state index contributed by atoms with van der Waals surface area (Å²) in [5.74, 6) is 0.262. The second-order valence-corrected chi connectivity index (χ2v) is 6.34. The molecule has 1 heterocycles. The van der Waals surface area contributed by atoms with Gasteiger partial charge in [-0.25, -0.2) is 4.98 Å². The fourth-order valence-corrected chi connectivity index (χ4v) is 4.08. The summed E-state index contributed by atoms with van der Waals surface area (Å²) in [6, 6.07) is 8.61. The lowest BCUT2D eigenvalue weighted by Crippen LogP contribution is -2.29. The zero-order valence-electron chi connectivity index (χ0n) is 12.0. The van der Waals surface area contributed by atoms with E-state index in [4.69, 9.17) is 5.73 Å². The molecule has 0 bridgehead atoms. The summed E-state index contributed by atoms with van der Waals surface area (Å²) >= 11 is 0. The van der Waals surface area contributed by atoms with Crippen LogP contribution in [0.25, 0.3) is 0 Å². The van der Waals surface area contributed by atoms with Gasteiger partial charge in [-0.2, -0.15) is 4.98 Å². The number of aromatic nitrogens is 2. The van der Waals surface area contributed by atoms with E-state index in [9.17, 15) is 5.11 Å². The van der Waals surface area contributed by atoms with Gasteiger partial charge in [0.2, 0.25) is 11.8 Å². The van der Waals surface area contributed by atoms with Gasteiger partial charge in [0.15, 0.2) is 0 Å². The highest BCUT2D eigenvalue weighted by atomic mass is 16.3. The van der Waals surface area contributed by atoms with Crippen LogP contribution in [0, 0.1) is 0 Å². The van der Waals surface area contributed by atoms with Gasteiger partial charge in [-0.15, -0.1) is 0 Å². The van der Waals surface area contributed by atoms with E-state index in [0.717, 1.165) is 49.8 Å². The second-order valence-electron chi connectivity index (χ2n) is 6.34. The van der Waals surface area contributed by atoms with Crippen molar-refractivity contribution in [3.05, 3.63) is 46.6 Å². The fourth-order valence-electron chi connectivity index (χ4n) is 4.08. The van der Waals surface area contributed by atoms with Crippen LogP contribution in [0.3, 0.4) is 0 Å². The molecule has 3 N–H and O–H groups in total. The van der Waals surface area contributed by atoms with E-state index in [1.54, 1.807) is 0 Å². The van der Waals surface area contributed by atoms with Gasteiger partial charge in [-0.05, 0) is 43.2 Å². The topological polar surface area (TPSA) is 72.0 Å². The minimum atomic E-state index is -0.00986. The van der Waals surface area contributed by atoms with E-state index in [1.807, 2.05) is 0 Å². The van der Waals surface area contributed by atoms with Crippen molar-refractivity contribution in [3.8, 4) is 5.88 Å². The Morgan fingerprint density at radius 1 is 1.05 bits per heavy atom. The third-order valence-electron chi connectivity index (χ3n) is 5.01. The number of nitrogens with two attached hydrogens (primary N) is 1. The van der Waals surface area contributed by atoms with Crippen molar-refractivity contribution >= 4 is 5.95 Å². The summed E-state index contributed by atoms with van der Waals surface area (Å²) in [6.45, 7) is 0. The molecule has 1 aromatic carbocycles. The van der Waals surface area contributed by atoms with Crippen LogP contribution < -0.4 is 5.73 Å². The molecule has 0 unspecified atom stereocenters. The third kappa shape index (κ3) is 1.89. The maximum Gasteiger partial charge on any atom is 0.223 e. The van der Waals surface area contributed by atoms with Crippen molar-refractivity contribution in [3.63, 3.8) is 0 Å². The lowest BCUT2D eigenvalue weighted by molar-refractivity contribution is 0.391. The van der Waals surface area contributed by atoms with Crippen LogP contribution >= 0.6 is 0 Å². The van der Waals surface area contributed by atoms with Gasteiger partial charge in [0.25, 0.3) is 0 Å². The Bertz CT molecular complexity index is 686. The molecule has 4 rings (SSSR count). The number of aromatic hydroxyl groups is 1. The zero-order chi connectivity index (χ0) is 14.4. The summed E-state index contributed by atoms with van der Waals surface area (Å²) in [4.78, 5) is 8.51. The molecule has 0 fully saturated rings. The number of hydrogen-bond donors (Lipinski definition) is 2. The molecule has 2 aromatic rings. The molecule has 2 aliphatic rings. The maximum atomic E-state index is 10.2. The van der Waals surface area contributed by atoms with Crippen molar-refractivity contribution in [2.75, 3.05) is 5.73 Å². The average Bonchev–Trinajstić information content (AvgIpc) is 2.74. The second kappa shape index (κ2) is 4.45. The first-order valence-electron chi connectivity index (χ1n) is 7.61. The smallest absolute Gasteiger partial charge is 0.223 e. The lowest BCUT2D eigenvalue weighted by Gasteiger charge is -2.28. The fraction of sp³-hybridized carbons (Fsp3) is 0.412. The number of nitrogens with zero attached hydrogens (tertiary/aromatic N) is 2. The molecule has 0 amide bonds. The largest absolute Gasteiger partial charge is 0.493 e. The van der Waals surface area contributed by atoms with Crippen LogP contribution in [-0.4, -0.2) is 15.1 Å². The zero-order valence-corrected chi connectivity index (χ0v) is 12.0. The molecule has 0 saturated carbocycles. The molecular formula is C17H19N3O. The summed E-state index contributed by atoms with van der Waals surface area (Å²) in [6.07, 6.45) is 6.16. The molecule has 0 aliphatic heterocycles. The Kier molecular flexibility index (Phi) is 2.67. The Morgan fingerprint density at radius 2 is 1.76 bits per heavy atom. The monoisotopic (exact) mass is 281 g/mol. The highest BCUT2D eigenvalue weighted by Gasteiger charge is 2.43. The lowest BCUT2D eigenvalue weighted by atomic mass is 9.77. The molecule has 1 aromatic heterocycles. The summed E-state index contributed by atoms with van der Waals surface area (Å²) in [5.41, 5.74) is 10.5. The molecular weight excluding hydrogens is 262 g/mol. The molecule has 2 aliphatic carbocycles. The first-order chi connectivity index (χ1) is 10.2. The van der Waals surface area contributed by atoms with E-state index in [0.29, 0.717) is 0 Å². The molecule has 0 saturated heterocycles. The summed E-state index contributed by atoms with van der Waals surface area (Å²) < 4.78 is 0. The number of nitrogen functional groups attached to an aromatic ring is 1. The highest BCUT2D eigenvalue weighted by Crippen LogP contribution is 2.47. The Hall–Kier alpha value is -2.10. The molecule has 0 atom stereocenters. The Morgan fingerprint density at radius 3 is 2.48 bits per heavy atom. The van der Waals surface area contributed by atoms with Crippen LogP contribution in [-0.2, 0) is 24.7 Å². The van der Waals surface area contributed by atoms with E-state index in [1.165, 1.54) is 11.1 Å². The minimum absolute atomic E-state index is 0.00986. The SMILES string of the molecule is Nc1nc(O)c2c(n1)C1(CCCC2)Cc2ccccc2C1. The highest BCUT2D eigenvalue weighted by molar-refractivity contribution is 5.47. The molecule has 108 valence electrons. The van der Waals surface area contributed by atoms with Crippen LogP contribution in [0.1, 0.15) is 41.6 Å². The minimum Gasteiger partial charge on any atom is -0.493 e. The quantitative estimate of drug-likeness (QED) is 0.778. The summed E-state index contributed by atoms with van der Waals surface area (Å²) in [5, 5.41) is 10.2. The summed E-state index contributed by atoms with van der Waals surface area (Å²) in [7, 11) is 0. The first-order valence-corrected chi connectivity index (χ1v) is 7.61. The molecule has 4 heteroatoms. The van der Waals surface area contributed by atoms with Crippen LogP contribution in [0.15, 0.2) is 24.3 Å². The van der Waals surface area contributed by atoms with E-state index in [-0.39, 0.29) is 17.2 Å². The van der Waals surface area contributed by atoms with E-state index >= 15 is 0 Å². The van der Waals surface area contributed by atoms with Crippen molar-refractivity contribution in [2.24, 2.45) is 0 Å². The Labute approximate surface area is 124 Å². The third-order valence-corrected chi connectivity index (χ3v) is 5.01. The molecule has 0 radical (unpaired) electrons. The predicted molar refractivity (Wildman–Crippen MR) is 81.2 cm³/mol. The average molecular weight is 281 g/mol. The van der Waals surface area contributed by atoms with Crippen LogP contribution in [0.5, 0.6) is 5.88 Å². The van der Waals surface area contributed by atoms with Gasteiger partial charge in [0.05, 0.1) is 5.69 Å². The van der Waals surface area contributed by atoms with Crippen LogP contribution in [0.2, 0.25) is 0 Å². The van der Waals surface area contributed by atoms with Gasteiger partial charge in [0.1, 0.15) is 0 Å². The van der Waals surface area contributed by atoms with Gasteiger partial charge in [-0.1, -0.05) is 30.7 Å². The van der Waals surface area contributed by atoms with Crippen molar-refractivity contribution in [1.29, 1.82) is 0 Å². The maximum absolute atomic E-state index is 10.2. The van der Waals surface area contributed by atoms with Crippen molar-refractivity contribution in [2.45, 2.75) is 43.9 Å². The first kappa shape index (κ1) is 12.6. The van der Waals surface area contributed by atoms with Crippen LogP contribution in [0.4, 0.5) is 5.95 Å². The number of rotatable bonds is 0. The molecule has 1 spiro atoms. The standard InChI is InChI=1S/C17H19N3O/c18-16-19-14-13(15(21)20-16)7-3-4-8-17(14)9-11-5-1-2-6-12(11)10-17/h1-2,5-6H,3-4,7-10H2,(H3,18,19,20,21). The number of anilines is 1. The number of hydrogen-bond acceptors (Lipinski definition) is 4. The normalized spacial score (nSPS) is 19.0. The molecule has 21 heavy (non-hydrogen) atoms. The van der Waals surface area contributed by atoms with Gasteiger partial charge in [-0.3, -0.25) is 0 Å². The molecule has 4 nitrogen and oxygen atoms in total.